The van der Waals surface area contributed by atoms with Gasteiger partial charge in [-0.25, -0.2) is 4.39 Å². The third kappa shape index (κ3) is 4.55. The average Bonchev–Trinajstić information content (AvgIpc) is 2.65. The highest BCUT2D eigenvalue weighted by molar-refractivity contribution is 5.62. The minimum Gasteiger partial charge on any atom is -0.492 e. The van der Waals surface area contributed by atoms with E-state index in [1.54, 1.807) is 0 Å². The van der Waals surface area contributed by atoms with Crippen molar-refractivity contribution >= 4 is 11.4 Å². The first kappa shape index (κ1) is 18.3. The maximum atomic E-state index is 12.5. The molecule has 0 bridgehead atoms. The fourth-order valence-electron chi connectivity index (χ4n) is 3.97. The van der Waals surface area contributed by atoms with E-state index < -0.39 is 0 Å². The average molecular weight is 350 g/mol. The van der Waals surface area contributed by atoms with Crippen molar-refractivity contribution in [2.75, 3.05) is 69.7 Å². The van der Waals surface area contributed by atoms with Crippen molar-refractivity contribution in [1.82, 2.24) is 9.80 Å². The van der Waals surface area contributed by atoms with Gasteiger partial charge in [0.2, 0.25) is 0 Å². The number of rotatable bonds is 6. The van der Waals surface area contributed by atoms with Gasteiger partial charge < -0.3 is 20.3 Å². The summed E-state index contributed by atoms with van der Waals surface area (Å²) in [5, 5.41) is 0. The number of nitrogens with two attached hydrogens (primary N) is 1. The minimum atomic E-state index is -0.228. The monoisotopic (exact) mass is 350 g/mol. The molecule has 2 aliphatic rings. The van der Waals surface area contributed by atoms with Crippen molar-refractivity contribution < 1.29 is 9.13 Å². The van der Waals surface area contributed by atoms with E-state index in [4.69, 9.17) is 10.5 Å². The Labute approximate surface area is 150 Å². The molecule has 1 aromatic carbocycles. The van der Waals surface area contributed by atoms with Gasteiger partial charge in [-0.1, -0.05) is 0 Å². The molecule has 25 heavy (non-hydrogen) atoms. The highest BCUT2D eigenvalue weighted by atomic mass is 19.1. The fraction of sp³-hybridized carbons (Fsp3) is 0.684. The Morgan fingerprint density at radius 3 is 2.48 bits per heavy atom. The molecule has 6 heteroatoms. The number of hydrogen-bond donors (Lipinski definition) is 1. The van der Waals surface area contributed by atoms with Crippen LogP contribution in [0.4, 0.5) is 15.8 Å². The Hall–Kier alpha value is -1.53. The first-order valence-electron chi connectivity index (χ1n) is 9.51. The number of piperazine rings is 1. The highest BCUT2D eigenvalue weighted by Gasteiger charge is 2.27. The molecule has 2 aliphatic heterocycles. The van der Waals surface area contributed by atoms with Gasteiger partial charge in [-0.15, -0.1) is 0 Å². The Kier molecular flexibility index (Phi) is 6.37. The Morgan fingerprint density at radius 2 is 1.84 bits per heavy atom. The van der Waals surface area contributed by atoms with Crippen LogP contribution < -0.4 is 15.4 Å². The van der Waals surface area contributed by atoms with Crippen LogP contribution in [0.1, 0.15) is 19.8 Å². The van der Waals surface area contributed by atoms with E-state index in [0.717, 1.165) is 57.9 Å². The van der Waals surface area contributed by atoms with Gasteiger partial charge >= 0.3 is 0 Å². The van der Waals surface area contributed by atoms with Crippen LogP contribution in [0.25, 0.3) is 0 Å². The summed E-state index contributed by atoms with van der Waals surface area (Å²) in [5.74, 6) is 0.780. The van der Waals surface area contributed by atoms with Crippen LogP contribution in [-0.2, 0) is 0 Å². The summed E-state index contributed by atoms with van der Waals surface area (Å²) < 4.78 is 18.1. The van der Waals surface area contributed by atoms with E-state index in [2.05, 4.69) is 26.8 Å². The van der Waals surface area contributed by atoms with E-state index in [-0.39, 0.29) is 6.67 Å². The summed E-state index contributed by atoms with van der Waals surface area (Å²) in [6.45, 7) is 9.26. The number of piperidine rings is 1. The maximum absolute atomic E-state index is 12.5. The zero-order chi connectivity index (χ0) is 17.6. The summed E-state index contributed by atoms with van der Waals surface area (Å²) >= 11 is 0. The number of likely N-dealkylation sites (tertiary alicyclic amines) is 1. The number of halogens is 1. The Morgan fingerprint density at radius 1 is 1.12 bits per heavy atom. The molecule has 0 amide bonds. The Bertz CT molecular complexity index is 540. The molecule has 2 saturated heterocycles. The molecule has 2 N–H and O–H groups in total. The smallest absolute Gasteiger partial charge is 0.144 e. The van der Waals surface area contributed by atoms with Crippen LogP contribution in [0, 0.1) is 0 Å². The van der Waals surface area contributed by atoms with Crippen LogP contribution in [0.15, 0.2) is 18.2 Å². The molecule has 2 heterocycles. The number of nitrogens with zero attached hydrogens (tertiary/aromatic N) is 3. The van der Waals surface area contributed by atoms with Crippen LogP contribution in [0.2, 0.25) is 0 Å². The SMILES string of the molecule is CCOc1cc(N2CCN(C3CCN(CCF)CC3)CC2)ccc1N. The summed E-state index contributed by atoms with van der Waals surface area (Å²) in [5.41, 5.74) is 7.87. The first-order valence-corrected chi connectivity index (χ1v) is 9.51. The molecule has 0 aromatic heterocycles. The van der Waals surface area contributed by atoms with Crippen molar-refractivity contribution in [3.05, 3.63) is 18.2 Å². The highest BCUT2D eigenvalue weighted by Crippen LogP contribution is 2.29. The lowest BCUT2D eigenvalue weighted by atomic mass is 10.0. The molecular weight excluding hydrogens is 319 g/mol. The summed E-state index contributed by atoms with van der Waals surface area (Å²) in [7, 11) is 0. The predicted molar refractivity (Wildman–Crippen MR) is 101 cm³/mol. The lowest BCUT2D eigenvalue weighted by Crippen LogP contribution is -2.53. The summed E-state index contributed by atoms with van der Waals surface area (Å²) in [6.07, 6.45) is 2.33. The van der Waals surface area contributed by atoms with E-state index in [9.17, 15) is 4.39 Å². The molecule has 0 unspecified atom stereocenters. The number of benzene rings is 1. The number of nitrogen functional groups attached to an aromatic ring is 1. The predicted octanol–water partition coefficient (Wildman–Crippen LogP) is 2.22. The van der Waals surface area contributed by atoms with Crippen LogP contribution in [0.3, 0.4) is 0 Å². The zero-order valence-corrected chi connectivity index (χ0v) is 15.3. The van der Waals surface area contributed by atoms with E-state index >= 15 is 0 Å². The molecule has 0 radical (unpaired) electrons. The third-order valence-electron chi connectivity index (χ3n) is 5.45. The van der Waals surface area contributed by atoms with Gasteiger partial charge in [0.25, 0.3) is 0 Å². The van der Waals surface area contributed by atoms with Crippen molar-refractivity contribution in [2.24, 2.45) is 0 Å². The van der Waals surface area contributed by atoms with E-state index in [1.807, 2.05) is 13.0 Å². The second-order valence-corrected chi connectivity index (χ2v) is 6.94. The molecule has 1 aromatic rings. The molecular formula is C19H31FN4O. The number of ether oxygens (including phenoxy) is 1. The standard InChI is InChI=1S/C19H31FN4O/c1-2-25-19-15-17(3-4-18(19)21)24-13-11-23(12-14-24)16-5-8-22(9-6-16)10-7-20/h3-4,15-16H,2,5-14,21H2,1H3. The maximum Gasteiger partial charge on any atom is 0.144 e. The molecule has 140 valence electrons. The molecule has 0 saturated carbocycles. The first-order chi connectivity index (χ1) is 12.2. The molecule has 0 spiro atoms. The minimum absolute atomic E-state index is 0.228. The van der Waals surface area contributed by atoms with Gasteiger partial charge in [0.05, 0.1) is 12.3 Å². The molecule has 3 rings (SSSR count). The van der Waals surface area contributed by atoms with Gasteiger partial charge in [-0.2, -0.15) is 0 Å². The van der Waals surface area contributed by atoms with Gasteiger partial charge in [0.1, 0.15) is 12.4 Å². The van der Waals surface area contributed by atoms with E-state index in [1.165, 1.54) is 5.69 Å². The summed E-state index contributed by atoms with van der Waals surface area (Å²) in [4.78, 5) is 7.27. The quantitative estimate of drug-likeness (QED) is 0.797. The number of anilines is 2. The molecule has 0 atom stereocenters. The van der Waals surface area contributed by atoms with Gasteiger partial charge in [0, 0.05) is 50.5 Å². The van der Waals surface area contributed by atoms with Crippen molar-refractivity contribution in [3.63, 3.8) is 0 Å². The molecule has 0 aliphatic carbocycles. The number of alkyl halides is 1. The third-order valence-corrected chi connectivity index (χ3v) is 5.45. The van der Waals surface area contributed by atoms with Crippen LogP contribution in [0.5, 0.6) is 5.75 Å². The van der Waals surface area contributed by atoms with Crippen molar-refractivity contribution in [2.45, 2.75) is 25.8 Å². The number of hydrogen-bond acceptors (Lipinski definition) is 5. The Balaban J connectivity index is 1.51. The second kappa shape index (κ2) is 8.72. The van der Waals surface area contributed by atoms with Gasteiger partial charge in [0.15, 0.2) is 0 Å². The molecule has 2 fully saturated rings. The zero-order valence-electron chi connectivity index (χ0n) is 15.3. The lowest BCUT2D eigenvalue weighted by Gasteiger charge is -2.43. The topological polar surface area (TPSA) is 45.0 Å². The van der Waals surface area contributed by atoms with Gasteiger partial charge in [-0.05, 0) is 45.0 Å². The molecule has 5 nitrogen and oxygen atoms in total. The largest absolute Gasteiger partial charge is 0.492 e. The summed E-state index contributed by atoms with van der Waals surface area (Å²) in [6, 6.07) is 6.74. The second-order valence-electron chi connectivity index (χ2n) is 6.94. The van der Waals surface area contributed by atoms with E-state index in [0.29, 0.717) is 24.9 Å². The normalized spacial score (nSPS) is 20.8. The van der Waals surface area contributed by atoms with Crippen molar-refractivity contribution in [1.29, 1.82) is 0 Å². The van der Waals surface area contributed by atoms with Crippen LogP contribution in [-0.4, -0.2) is 74.9 Å². The van der Waals surface area contributed by atoms with Gasteiger partial charge in [-0.3, -0.25) is 4.90 Å². The lowest BCUT2D eigenvalue weighted by molar-refractivity contribution is 0.0998. The van der Waals surface area contributed by atoms with Crippen LogP contribution >= 0.6 is 0 Å². The van der Waals surface area contributed by atoms with Crippen molar-refractivity contribution in [3.8, 4) is 5.75 Å². The fourth-order valence-corrected chi connectivity index (χ4v) is 3.97.